The molecule has 19 heavy (non-hydrogen) atoms. The number of carbonyl (C=O) groups excluding carboxylic acids is 1. The third-order valence-corrected chi connectivity index (χ3v) is 4.33. The van der Waals surface area contributed by atoms with Crippen LogP contribution in [0.3, 0.4) is 0 Å². The molecule has 1 aliphatic rings. The van der Waals surface area contributed by atoms with Gasteiger partial charge in [-0.05, 0) is 23.3 Å². The number of benzene rings is 1. The molecule has 104 valence electrons. The summed E-state index contributed by atoms with van der Waals surface area (Å²) in [5, 5.41) is 0. The van der Waals surface area contributed by atoms with Crippen LogP contribution >= 0.6 is 0 Å². The van der Waals surface area contributed by atoms with Crippen molar-refractivity contribution < 1.29 is 4.79 Å². The van der Waals surface area contributed by atoms with Gasteiger partial charge in [-0.25, -0.2) is 0 Å². The molecule has 1 heteroatoms. The van der Waals surface area contributed by atoms with E-state index >= 15 is 0 Å². The monoisotopic (exact) mass is 258 g/mol. The first-order valence-corrected chi connectivity index (χ1v) is 7.60. The number of hydrogen-bond acceptors (Lipinski definition) is 1. The third kappa shape index (κ3) is 3.92. The molecule has 1 aromatic carbocycles. The van der Waals surface area contributed by atoms with Crippen LogP contribution in [0.15, 0.2) is 24.3 Å². The molecule has 0 aromatic heterocycles. The maximum Gasteiger partial charge on any atom is 0.162 e. The largest absolute Gasteiger partial charge is 0.294 e. The summed E-state index contributed by atoms with van der Waals surface area (Å²) >= 11 is 0. The zero-order valence-corrected chi connectivity index (χ0v) is 12.5. The molecule has 1 fully saturated rings. The van der Waals surface area contributed by atoms with Crippen molar-refractivity contribution in [3.63, 3.8) is 0 Å². The summed E-state index contributed by atoms with van der Waals surface area (Å²) in [5.74, 6) is 1.12. The van der Waals surface area contributed by atoms with Crippen LogP contribution in [0.2, 0.25) is 0 Å². The Balaban J connectivity index is 1.92. The van der Waals surface area contributed by atoms with E-state index in [1.54, 1.807) is 0 Å². The van der Waals surface area contributed by atoms with Gasteiger partial charge in [-0.3, -0.25) is 4.79 Å². The van der Waals surface area contributed by atoms with Gasteiger partial charge >= 0.3 is 0 Å². The Morgan fingerprint density at radius 1 is 1.11 bits per heavy atom. The van der Waals surface area contributed by atoms with Crippen LogP contribution in [0.5, 0.6) is 0 Å². The minimum atomic E-state index is 0.158. The summed E-state index contributed by atoms with van der Waals surface area (Å²) in [6.07, 6.45) is 7.18. The van der Waals surface area contributed by atoms with Crippen LogP contribution in [0.1, 0.15) is 75.2 Å². The summed E-state index contributed by atoms with van der Waals surface area (Å²) in [5.41, 5.74) is 2.33. The molecular weight excluding hydrogens is 232 g/mol. The molecule has 0 radical (unpaired) electrons. The first-order chi connectivity index (χ1) is 8.97. The SMILES string of the molecule is CC(C)(C)c1ccc(C(=O)CCC2CCCC2)cc1. The van der Waals surface area contributed by atoms with E-state index < -0.39 is 0 Å². The average molecular weight is 258 g/mol. The maximum absolute atomic E-state index is 12.2. The van der Waals surface area contributed by atoms with Gasteiger partial charge in [0.15, 0.2) is 5.78 Å². The molecule has 0 amide bonds. The van der Waals surface area contributed by atoms with Gasteiger partial charge in [0, 0.05) is 12.0 Å². The highest BCUT2D eigenvalue weighted by Crippen LogP contribution is 2.29. The summed E-state index contributed by atoms with van der Waals surface area (Å²) in [4.78, 5) is 12.2. The zero-order chi connectivity index (χ0) is 13.9. The number of carbonyl (C=O) groups is 1. The first-order valence-electron chi connectivity index (χ1n) is 7.60. The molecule has 0 aliphatic heterocycles. The minimum Gasteiger partial charge on any atom is -0.294 e. The van der Waals surface area contributed by atoms with Crippen molar-refractivity contribution in [2.75, 3.05) is 0 Å². The Hall–Kier alpha value is -1.11. The molecule has 0 unspecified atom stereocenters. The molecule has 1 nitrogen and oxygen atoms in total. The highest BCUT2D eigenvalue weighted by Gasteiger charge is 2.17. The second-order valence-electron chi connectivity index (χ2n) is 6.94. The van der Waals surface area contributed by atoms with E-state index in [0.29, 0.717) is 5.78 Å². The lowest BCUT2D eigenvalue weighted by molar-refractivity contribution is 0.0974. The van der Waals surface area contributed by atoms with Gasteiger partial charge in [0.25, 0.3) is 0 Å². The summed E-state index contributed by atoms with van der Waals surface area (Å²) in [6, 6.07) is 8.20. The Morgan fingerprint density at radius 2 is 1.68 bits per heavy atom. The van der Waals surface area contributed by atoms with E-state index in [2.05, 4.69) is 32.9 Å². The normalized spacial score (nSPS) is 16.8. The second kappa shape index (κ2) is 5.90. The van der Waals surface area contributed by atoms with Crippen molar-refractivity contribution in [2.45, 2.75) is 64.7 Å². The first kappa shape index (κ1) is 14.3. The van der Waals surface area contributed by atoms with E-state index in [0.717, 1.165) is 24.3 Å². The molecule has 0 heterocycles. The van der Waals surface area contributed by atoms with Gasteiger partial charge in [-0.15, -0.1) is 0 Å². The predicted octanol–water partition coefficient (Wildman–Crippen LogP) is 5.14. The lowest BCUT2D eigenvalue weighted by Gasteiger charge is -2.19. The number of rotatable bonds is 4. The standard InChI is InChI=1S/C18H26O/c1-18(2,3)16-11-9-15(10-12-16)17(19)13-8-14-6-4-5-7-14/h9-12,14H,4-8,13H2,1-3H3. The van der Waals surface area contributed by atoms with Crippen molar-refractivity contribution in [3.05, 3.63) is 35.4 Å². The number of Topliss-reactive ketones (excluding diaryl/α,β-unsaturated/α-hetero) is 1. The Bertz CT molecular complexity index is 416. The van der Waals surface area contributed by atoms with Crippen molar-refractivity contribution in [1.29, 1.82) is 0 Å². The molecule has 1 aliphatic carbocycles. The summed E-state index contributed by atoms with van der Waals surface area (Å²) < 4.78 is 0. The van der Waals surface area contributed by atoms with E-state index in [1.165, 1.54) is 31.2 Å². The minimum absolute atomic E-state index is 0.158. The smallest absolute Gasteiger partial charge is 0.162 e. The van der Waals surface area contributed by atoms with Crippen LogP contribution in [0.25, 0.3) is 0 Å². The average Bonchev–Trinajstić information content (AvgIpc) is 2.88. The quantitative estimate of drug-likeness (QED) is 0.684. The molecule has 1 aromatic rings. The maximum atomic E-state index is 12.2. The fourth-order valence-electron chi connectivity index (χ4n) is 2.93. The third-order valence-electron chi connectivity index (χ3n) is 4.33. The van der Waals surface area contributed by atoms with E-state index in [9.17, 15) is 4.79 Å². The van der Waals surface area contributed by atoms with Crippen molar-refractivity contribution in [3.8, 4) is 0 Å². The molecule has 1 saturated carbocycles. The fraction of sp³-hybridized carbons (Fsp3) is 0.611. The molecule has 0 spiro atoms. The summed E-state index contributed by atoms with van der Waals surface area (Å²) in [7, 11) is 0. The van der Waals surface area contributed by atoms with Crippen LogP contribution in [0, 0.1) is 5.92 Å². The van der Waals surface area contributed by atoms with Gasteiger partial charge in [-0.1, -0.05) is 70.7 Å². The van der Waals surface area contributed by atoms with E-state index in [4.69, 9.17) is 0 Å². The molecule has 0 bridgehead atoms. The van der Waals surface area contributed by atoms with Crippen LogP contribution in [-0.4, -0.2) is 5.78 Å². The van der Waals surface area contributed by atoms with Crippen molar-refractivity contribution in [2.24, 2.45) is 5.92 Å². The van der Waals surface area contributed by atoms with Gasteiger partial charge in [0.05, 0.1) is 0 Å². The molecule has 0 saturated heterocycles. The van der Waals surface area contributed by atoms with Crippen molar-refractivity contribution >= 4 is 5.78 Å². The van der Waals surface area contributed by atoms with Gasteiger partial charge < -0.3 is 0 Å². The Kier molecular flexibility index (Phi) is 4.44. The highest BCUT2D eigenvalue weighted by atomic mass is 16.1. The van der Waals surface area contributed by atoms with Crippen LogP contribution in [0.4, 0.5) is 0 Å². The lowest BCUT2D eigenvalue weighted by Crippen LogP contribution is -2.11. The highest BCUT2D eigenvalue weighted by molar-refractivity contribution is 5.96. The molecule has 2 rings (SSSR count). The molecular formula is C18H26O. The van der Waals surface area contributed by atoms with Gasteiger partial charge in [0.1, 0.15) is 0 Å². The van der Waals surface area contributed by atoms with Crippen molar-refractivity contribution in [1.82, 2.24) is 0 Å². The Labute approximate surface area is 117 Å². The Morgan fingerprint density at radius 3 is 2.21 bits per heavy atom. The number of hydrogen-bond donors (Lipinski definition) is 0. The molecule has 0 N–H and O–H groups in total. The van der Waals surface area contributed by atoms with Gasteiger partial charge in [-0.2, -0.15) is 0 Å². The van der Waals surface area contributed by atoms with Crippen LogP contribution < -0.4 is 0 Å². The van der Waals surface area contributed by atoms with Crippen LogP contribution in [-0.2, 0) is 5.41 Å². The second-order valence-corrected chi connectivity index (χ2v) is 6.94. The van der Waals surface area contributed by atoms with Gasteiger partial charge in [0.2, 0.25) is 0 Å². The topological polar surface area (TPSA) is 17.1 Å². The lowest BCUT2D eigenvalue weighted by atomic mass is 9.86. The summed E-state index contributed by atoms with van der Waals surface area (Å²) in [6.45, 7) is 6.60. The number of ketones is 1. The molecule has 0 atom stereocenters. The zero-order valence-electron chi connectivity index (χ0n) is 12.5. The predicted molar refractivity (Wildman–Crippen MR) is 80.7 cm³/mol. The van der Waals surface area contributed by atoms with E-state index in [1.807, 2.05) is 12.1 Å². The fourth-order valence-corrected chi connectivity index (χ4v) is 2.93. The van der Waals surface area contributed by atoms with E-state index in [-0.39, 0.29) is 5.41 Å².